The van der Waals surface area contributed by atoms with Crippen LogP contribution in [0.5, 0.6) is 0 Å². The van der Waals surface area contributed by atoms with Crippen LogP contribution in [0.15, 0.2) is 4.40 Å². The van der Waals surface area contributed by atoms with Gasteiger partial charge in [0.05, 0.1) is 9.12 Å². The molecule has 6 heteroatoms. The molecule has 0 aliphatic heterocycles. The fraction of sp³-hybridized carbons (Fsp3) is 0.500. The van der Waals surface area contributed by atoms with Gasteiger partial charge in [0, 0.05) is 49.3 Å². The van der Waals surface area contributed by atoms with Gasteiger partial charge < -0.3 is 4.18 Å². The van der Waals surface area contributed by atoms with E-state index in [1.165, 1.54) is 18.3 Å². The van der Waals surface area contributed by atoms with Crippen molar-refractivity contribution in [3.05, 3.63) is 0 Å². The van der Waals surface area contributed by atoms with Crippen molar-refractivity contribution in [3.63, 3.8) is 0 Å². The van der Waals surface area contributed by atoms with Gasteiger partial charge in [-0.25, -0.2) is 0 Å². The summed E-state index contributed by atoms with van der Waals surface area (Å²) in [6.07, 6.45) is 0. The maximum atomic E-state index is 4.91. The number of rotatable bonds is 2. The summed E-state index contributed by atoms with van der Waals surface area (Å²) in [6, 6.07) is 0. The Morgan fingerprint density at radius 2 is 2.25 bits per heavy atom. The van der Waals surface area contributed by atoms with Crippen molar-refractivity contribution in [1.29, 1.82) is 0 Å². The molecule has 0 unspecified atom stereocenters. The summed E-state index contributed by atoms with van der Waals surface area (Å²) in [4.78, 5) is 0. The van der Waals surface area contributed by atoms with Crippen LogP contribution in [0.25, 0.3) is 0 Å². The minimum absolute atomic E-state index is 0.698. The molecule has 0 aliphatic rings. The van der Waals surface area contributed by atoms with E-state index >= 15 is 0 Å². The number of hydrogen-bond acceptors (Lipinski definition) is 4. The quantitative estimate of drug-likeness (QED) is 0.243. The van der Waals surface area contributed by atoms with Gasteiger partial charge in [0.1, 0.15) is 9.21 Å². The first kappa shape index (κ1) is 9.63. The molecule has 0 saturated carbocycles. The van der Waals surface area contributed by atoms with Crippen molar-refractivity contribution in [2.45, 2.75) is 6.92 Å². The highest BCUT2D eigenvalue weighted by Gasteiger charge is 1.86. The van der Waals surface area contributed by atoms with E-state index in [4.69, 9.17) is 4.18 Å². The largest absolute Gasteiger partial charge is 0.399 e. The molecule has 48 valence electrons. The Morgan fingerprint density at radius 1 is 1.62 bits per heavy atom. The second-order valence-electron chi connectivity index (χ2n) is 0.826. The molecular formula is C2H3I2NOS2. The van der Waals surface area contributed by atoms with Crippen molar-refractivity contribution in [1.82, 2.24) is 0 Å². The lowest BCUT2D eigenvalue weighted by Gasteiger charge is -1.92. The third-order valence-corrected chi connectivity index (χ3v) is 2.08. The lowest BCUT2D eigenvalue weighted by Crippen LogP contribution is -1.85. The summed E-state index contributed by atoms with van der Waals surface area (Å²) in [5.74, 6) is 0.698. The molecule has 8 heavy (non-hydrogen) atoms. The van der Waals surface area contributed by atoms with Gasteiger partial charge in [0.25, 0.3) is 0 Å². The fourth-order valence-electron chi connectivity index (χ4n) is 0.109. The molecular weight excluding hydrogens is 372 g/mol. The van der Waals surface area contributed by atoms with Crippen LogP contribution in [0.2, 0.25) is 0 Å². The number of nitrogens with zero attached hydrogens (tertiary/aromatic N) is 1. The van der Waals surface area contributed by atoms with E-state index in [1.807, 2.05) is 28.1 Å². The van der Waals surface area contributed by atoms with Gasteiger partial charge in [-0.3, -0.25) is 0 Å². The van der Waals surface area contributed by atoms with E-state index in [0.29, 0.717) is 5.90 Å². The molecule has 0 saturated heterocycles. The molecule has 0 aliphatic carbocycles. The van der Waals surface area contributed by atoms with Crippen LogP contribution in [0.1, 0.15) is 6.92 Å². The van der Waals surface area contributed by atoms with Crippen LogP contribution in [0.3, 0.4) is 0 Å². The van der Waals surface area contributed by atoms with Gasteiger partial charge in [-0.2, -0.15) is 4.40 Å². The molecule has 0 fully saturated rings. The summed E-state index contributed by atoms with van der Waals surface area (Å²) in [6.45, 7) is 1.82. The monoisotopic (exact) mass is 375 g/mol. The summed E-state index contributed by atoms with van der Waals surface area (Å²) >= 11 is 4.12. The van der Waals surface area contributed by atoms with Gasteiger partial charge in [0.2, 0.25) is 5.90 Å². The third kappa shape index (κ3) is 5.76. The first-order valence-corrected chi connectivity index (χ1v) is 8.19. The van der Waals surface area contributed by atoms with Crippen molar-refractivity contribution in [3.8, 4) is 0 Å². The van der Waals surface area contributed by atoms with Crippen LogP contribution in [0, 0.1) is 0 Å². The Hall–Kier alpha value is 1.63. The molecule has 0 heterocycles. The van der Waals surface area contributed by atoms with Crippen LogP contribution < -0.4 is 0 Å². The van der Waals surface area contributed by atoms with Crippen LogP contribution in [0.4, 0.5) is 0 Å². The molecule has 0 aromatic rings. The summed E-state index contributed by atoms with van der Waals surface area (Å²) in [5.41, 5.74) is 0. The first-order valence-electron chi connectivity index (χ1n) is 1.59. The lowest BCUT2D eigenvalue weighted by molar-refractivity contribution is 0.654. The van der Waals surface area contributed by atoms with Gasteiger partial charge in [0.15, 0.2) is 0 Å². The molecule has 0 amide bonds. The summed E-state index contributed by atoms with van der Waals surface area (Å²) < 4.78 is 8.80. The van der Waals surface area contributed by atoms with Gasteiger partial charge in [-0.05, 0) is 0 Å². The molecule has 0 spiro atoms. The van der Waals surface area contributed by atoms with E-state index < -0.39 is 0 Å². The highest BCUT2D eigenvalue weighted by atomic mass is 127. The molecule has 0 atom stereocenters. The molecule has 0 aromatic heterocycles. The smallest absolute Gasteiger partial charge is 0.209 e. The Bertz CT molecular complexity index is 88.1. The molecule has 0 radical (unpaired) electrons. The Kier molecular flexibility index (Phi) is 8.12. The molecule has 0 rings (SSSR count). The lowest BCUT2D eigenvalue weighted by atomic mass is 10.8. The van der Waals surface area contributed by atoms with E-state index in [1.54, 1.807) is 0 Å². The molecule has 0 bridgehead atoms. The van der Waals surface area contributed by atoms with Gasteiger partial charge in [-0.1, -0.05) is 0 Å². The Morgan fingerprint density at radius 3 is 2.62 bits per heavy atom. The average molecular weight is 375 g/mol. The third-order valence-electron chi connectivity index (χ3n) is 0.315. The number of halogens is 2. The topological polar surface area (TPSA) is 21.6 Å². The minimum Gasteiger partial charge on any atom is -0.399 e. The van der Waals surface area contributed by atoms with Gasteiger partial charge >= 0.3 is 0 Å². The summed E-state index contributed by atoms with van der Waals surface area (Å²) in [7, 11) is 2.64. The van der Waals surface area contributed by atoms with Crippen molar-refractivity contribution >= 4 is 66.6 Å². The standard InChI is InChI=1S/C2H3I2NOS2/c1-2(5-7-3)6-8-4/h1H3/b5-2+. The van der Waals surface area contributed by atoms with E-state index in [2.05, 4.69) is 25.6 Å². The second-order valence-corrected chi connectivity index (χ2v) is 3.70. The highest BCUT2D eigenvalue weighted by Crippen LogP contribution is 2.17. The van der Waals surface area contributed by atoms with E-state index in [9.17, 15) is 0 Å². The SMILES string of the molecule is C/C(=N\SI)OSI. The molecule has 2 nitrogen and oxygen atoms in total. The van der Waals surface area contributed by atoms with Crippen molar-refractivity contribution in [2.24, 2.45) is 4.40 Å². The Balaban J connectivity index is 3.29. The molecule has 0 aromatic carbocycles. The normalized spacial score (nSPS) is 11.6. The van der Waals surface area contributed by atoms with Crippen LogP contribution >= 0.6 is 60.7 Å². The number of hydrogen-bond donors (Lipinski definition) is 0. The summed E-state index contributed by atoms with van der Waals surface area (Å²) in [5, 5.41) is 0. The highest BCUT2D eigenvalue weighted by molar-refractivity contribution is 14.2. The predicted molar refractivity (Wildman–Crippen MR) is 57.4 cm³/mol. The van der Waals surface area contributed by atoms with Gasteiger partial charge in [-0.15, -0.1) is 0 Å². The van der Waals surface area contributed by atoms with Crippen molar-refractivity contribution < 1.29 is 4.18 Å². The zero-order valence-corrected chi connectivity index (χ0v) is 9.88. The zero-order chi connectivity index (χ0) is 6.41. The maximum absolute atomic E-state index is 4.91. The second kappa shape index (κ2) is 6.75. The average Bonchev–Trinajstić information content (AvgIpc) is 1.68. The van der Waals surface area contributed by atoms with E-state index in [0.717, 1.165) is 0 Å². The first-order chi connectivity index (χ1) is 3.81. The fourth-order valence-corrected chi connectivity index (χ4v) is 2.03. The minimum atomic E-state index is 0.698. The van der Waals surface area contributed by atoms with Crippen LogP contribution in [-0.4, -0.2) is 5.90 Å². The van der Waals surface area contributed by atoms with E-state index in [-0.39, 0.29) is 0 Å². The van der Waals surface area contributed by atoms with Crippen LogP contribution in [-0.2, 0) is 4.18 Å². The Labute approximate surface area is 81.1 Å². The van der Waals surface area contributed by atoms with Crippen molar-refractivity contribution in [2.75, 3.05) is 0 Å². The zero-order valence-electron chi connectivity index (χ0n) is 3.93. The predicted octanol–water partition coefficient (Wildman–Crippen LogP) is 3.42. The maximum Gasteiger partial charge on any atom is 0.209 e. The molecule has 0 N–H and O–H groups in total.